The van der Waals surface area contributed by atoms with Gasteiger partial charge < -0.3 is 5.11 Å². The molecule has 14 heavy (non-hydrogen) atoms. The second-order valence-electron chi connectivity index (χ2n) is 4.12. The van der Waals surface area contributed by atoms with Gasteiger partial charge in [0, 0.05) is 5.92 Å². The van der Waals surface area contributed by atoms with Crippen molar-refractivity contribution < 1.29 is 9.90 Å². The molecule has 74 valence electrons. The molecule has 0 amide bonds. The molecule has 0 aliphatic heterocycles. The first-order valence-electron chi connectivity index (χ1n) is 4.89. The SMILES string of the molecule is CC(=O)C1CC1c1cc(C)ccc1O. The Morgan fingerprint density at radius 1 is 1.50 bits per heavy atom. The van der Waals surface area contributed by atoms with Crippen LogP contribution in [-0.2, 0) is 4.79 Å². The molecule has 2 nitrogen and oxygen atoms in total. The summed E-state index contributed by atoms with van der Waals surface area (Å²) in [5, 5.41) is 9.63. The molecule has 2 unspecified atom stereocenters. The van der Waals surface area contributed by atoms with E-state index in [4.69, 9.17) is 0 Å². The summed E-state index contributed by atoms with van der Waals surface area (Å²) in [4.78, 5) is 11.1. The molecule has 1 aromatic carbocycles. The molecule has 1 aromatic rings. The van der Waals surface area contributed by atoms with Gasteiger partial charge in [0.1, 0.15) is 11.5 Å². The van der Waals surface area contributed by atoms with Crippen molar-refractivity contribution in [2.45, 2.75) is 26.2 Å². The zero-order chi connectivity index (χ0) is 10.3. The minimum absolute atomic E-state index is 0.141. The first kappa shape index (κ1) is 9.25. The van der Waals surface area contributed by atoms with Crippen molar-refractivity contribution in [3.63, 3.8) is 0 Å². The number of Topliss-reactive ketones (excluding diaryl/α,β-unsaturated/α-hetero) is 1. The predicted octanol–water partition coefficient (Wildman–Crippen LogP) is 2.39. The molecule has 1 aliphatic rings. The van der Waals surface area contributed by atoms with Crippen LogP contribution in [0.25, 0.3) is 0 Å². The molecule has 1 aliphatic carbocycles. The van der Waals surface area contributed by atoms with E-state index in [1.54, 1.807) is 13.0 Å². The van der Waals surface area contributed by atoms with Crippen LogP contribution in [0.2, 0.25) is 0 Å². The third-order valence-electron chi connectivity index (χ3n) is 2.90. The summed E-state index contributed by atoms with van der Waals surface area (Å²) in [5.41, 5.74) is 2.07. The van der Waals surface area contributed by atoms with Gasteiger partial charge in [0.15, 0.2) is 0 Å². The minimum atomic E-state index is 0.141. The number of aromatic hydroxyl groups is 1. The average Bonchev–Trinajstić information content (AvgIpc) is 2.88. The molecule has 1 fully saturated rings. The van der Waals surface area contributed by atoms with Crippen molar-refractivity contribution in [2.24, 2.45) is 5.92 Å². The van der Waals surface area contributed by atoms with Gasteiger partial charge in [-0.25, -0.2) is 0 Å². The van der Waals surface area contributed by atoms with Crippen molar-refractivity contribution in [1.29, 1.82) is 0 Å². The van der Waals surface area contributed by atoms with Crippen molar-refractivity contribution in [1.82, 2.24) is 0 Å². The number of carbonyl (C=O) groups excluding carboxylic acids is 1. The lowest BCUT2D eigenvalue weighted by Gasteiger charge is -2.04. The number of phenolic OH excluding ortho intramolecular Hbond substituents is 1. The fourth-order valence-corrected chi connectivity index (χ4v) is 1.96. The molecule has 1 N–H and O–H groups in total. The first-order valence-corrected chi connectivity index (χ1v) is 4.89. The number of hydrogen-bond donors (Lipinski definition) is 1. The second-order valence-corrected chi connectivity index (χ2v) is 4.12. The second kappa shape index (κ2) is 3.12. The maximum absolute atomic E-state index is 11.1. The molecule has 0 bridgehead atoms. The lowest BCUT2D eigenvalue weighted by Crippen LogP contribution is -1.95. The Morgan fingerprint density at radius 3 is 2.79 bits per heavy atom. The highest BCUT2D eigenvalue weighted by Crippen LogP contribution is 2.50. The molecule has 2 rings (SSSR count). The lowest BCUT2D eigenvalue weighted by atomic mass is 10.0. The Kier molecular flexibility index (Phi) is 2.06. The highest BCUT2D eigenvalue weighted by Gasteiger charge is 2.42. The van der Waals surface area contributed by atoms with Crippen LogP contribution < -0.4 is 0 Å². The van der Waals surface area contributed by atoms with Crippen LogP contribution >= 0.6 is 0 Å². The lowest BCUT2D eigenvalue weighted by molar-refractivity contribution is -0.118. The van der Waals surface area contributed by atoms with Crippen LogP contribution in [0.1, 0.15) is 30.4 Å². The quantitative estimate of drug-likeness (QED) is 0.777. The third-order valence-corrected chi connectivity index (χ3v) is 2.90. The van der Waals surface area contributed by atoms with Gasteiger partial charge in [-0.15, -0.1) is 0 Å². The van der Waals surface area contributed by atoms with E-state index in [1.807, 2.05) is 19.1 Å². The highest BCUT2D eigenvalue weighted by atomic mass is 16.3. The molecule has 0 radical (unpaired) electrons. The Labute approximate surface area is 83.6 Å². The summed E-state index contributed by atoms with van der Waals surface area (Å²) in [7, 11) is 0. The molecule has 0 heterocycles. The smallest absolute Gasteiger partial charge is 0.133 e. The number of carbonyl (C=O) groups is 1. The fourth-order valence-electron chi connectivity index (χ4n) is 1.96. The summed E-state index contributed by atoms with van der Waals surface area (Å²) >= 11 is 0. The van der Waals surface area contributed by atoms with Crippen molar-refractivity contribution in [3.8, 4) is 5.75 Å². The summed E-state index contributed by atoms with van der Waals surface area (Å²) in [6.45, 7) is 3.62. The highest BCUT2D eigenvalue weighted by molar-refractivity contribution is 5.82. The molecular formula is C12H14O2. The molecule has 1 saturated carbocycles. The van der Waals surface area contributed by atoms with E-state index < -0.39 is 0 Å². The Hall–Kier alpha value is -1.31. The van der Waals surface area contributed by atoms with E-state index >= 15 is 0 Å². The number of phenols is 1. The Bertz CT molecular complexity index is 382. The fraction of sp³-hybridized carbons (Fsp3) is 0.417. The summed E-state index contributed by atoms with van der Waals surface area (Å²) in [6, 6.07) is 5.56. The molecule has 0 saturated heterocycles. The average molecular weight is 190 g/mol. The summed E-state index contributed by atoms with van der Waals surface area (Å²) in [6.07, 6.45) is 0.895. The van der Waals surface area contributed by atoms with Gasteiger partial charge in [-0.2, -0.15) is 0 Å². The van der Waals surface area contributed by atoms with Gasteiger partial charge in [-0.3, -0.25) is 4.79 Å². The molecule has 2 atom stereocenters. The van der Waals surface area contributed by atoms with Gasteiger partial charge in [-0.1, -0.05) is 17.7 Å². The molecule has 0 spiro atoms. The van der Waals surface area contributed by atoms with E-state index in [-0.39, 0.29) is 17.6 Å². The zero-order valence-corrected chi connectivity index (χ0v) is 8.45. The van der Waals surface area contributed by atoms with Crippen molar-refractivity contribution >= 4 is 5.78 Å². The van der Waals surface area contributed by atoms with Crippen LogP contribution in [0.3, 0.4) is 0 Å². The van der Waals surface area contributed by atoms with E-state index in [0.717, 1.165) is 17.5 Å². The van der Waals surface area contributed by atoms with Gasteiger partial charge >= 0.3 is 0 Å². The third kappa shape index (κ3) is 1.52. The summed E-state index contributed by atoms with van der Waals surface area (Å²) < 4.78 is 0. The van der Waals surface area contributed by atoms with E-state index in [9.17, 15) is 9.90 Å². The summed E-state index contributed by atoms with van der Waals surface area (Å²) in [5.74, 6) is 0.954. The molecule has 0 aromatic heterocycles. The standard InChI is InChI=1S/C12H14O2/c1-7-3-4-12(14)11(5-7)10-6-9(10)8(2)13/h3-5,9-10,14H,6H2,1-2H3. The maximum atomic E-state index is 11.1. The van der Waals surface area contributed by atoms with Crippen LogP contribution in [0.5, 0.6) is 5.75 Å². The monoisotopic (exact) mass is 190 g/mol. The van der Waals surface area contributed by atoms with Crippen molar-refractivity contribution in [3.05, 3.63) is 29.3 Å². The van der Waals surface area contributed by atoms with Crippen molar-refractivity contribution in [2.75, 3.05) is 0 Å². The topological polar surface area (TPSA) is 37.3 Å². The number of benzene rings is 1. The van der Waals surface area contributed by atoms with Gasteiger partial charge in [0.2, 0.25) is 0 Å². The zero-order valence-electron chi connectivity index (χ0n) is 8.45. The van der Waals surface area contributed by atoms with E-state index in [2.05, 4.69) is 0 Å². The number of hydrogen-bond acceptors (Lipinski definition) is 2. The number of rotatable bonds is 2. The van der Waals surface area contributed by atoms with Crippen LogP contribution in [0.4, 0.5) is 0 Å². The Morgan fingerprint density at radius 2 is 2.21 bits per heavy atom. The van der Waals surface area contributed by atoms with Gasteiger partial charge in [0.05, 0.1) is 0 Å². The largest absolute Gasteiger partial charge is 0.508 e. The maximum Gasteiger partial charge on any atom is 0.133 e. The van der Waals surface area contributed by atoms with Gasteiger partial charge in [0.25, 0.3) is 0 Å². The minimum Gasteiger partial charge on any atom is -0.508 e. The molecular weight excluding hydrogens is 176 g/mol. The van der Waals surface area contributed by atoms with Crippen LogP contribution in [-0.4, -0.2) is 10.9 Å². The van der Waals surface area contributed by atoms with Crippen LogP contribution in [0.15, 0.2) is 18.2 Å². The van der Waals surface area contributed by atoms with E-state index in [1.165, 1.54) is 0 Å². The van der Waals surface area contributed by atoms with Gasteiger partial charge in [-0.05, 0) is 37.8 Å². The van der Waals surface area contributed by atoms with E-state index in [0.29, 0.717) is 5.75 Å². The number of ketones is 1. The van der Waals surface area contributed by atoms with Crippen LogP contribution in [0, 0.1) is 12.8 Å². The number of aryl methyl sites for hydroxylation is 1. The first-order chi connectivity index (χ1) is 6.59. The Balaban J connectivity index is 2.26. The molecule has 2 heteroatoms. The predicted molar refractivity (Wildman–Crippen MR) is 54.4 cm³/mol. The normalized spacial score (nSPS) is 24.7.